The first-order valence-electron chi connectivity index (χ1n) is 9.65. The highest BCUT2D eigenvalue weighted by atomic mass is 32.1. The highest BCUT2D eigenvalue weighted by Gasteiger charge is 2.20. The molecule has 1 fully saturated rings. The molecule has 0 spiro atoms. The van der Waals surface area contributed by atoms with E-state index >= 15 is 0 Å². The smallest absolute Gasteiger partial charge is 0.383 e. The summed E-state index contributed by atoms with van der Waals surface area (Å²) in [5.41, 5.74) is 6.99. The molecule has 1 atom stereocenters. The van der Waals surface area contributed by atoms with E-state index in [0.29, 0.717) is 53.0 Å². The summed E-state index contributed by atoms with van der Waals surface area (Å²) in [5, 5.41) is 10.8. The summed E-state index contributed by atoms with van der Waals surface area (Å²) < 4.78 is 21.0. The number of carbonyl (C=O) groups is 1. The number of nitrogen functional groups attached to an aromatic ring is 1. The van der Waals surface area contributed by atoms with Crippen LogP contribution in [0.2, 0.25) is 0 Å². The zero-order valence-corrected chi connectivity index (χ0v) is 19.3. The Balaban J connectivity index is 2.31. The van der Waals surface area contributed by atoms with Crippen LogP contribution < -0.4 is 5.73 Å². The molecule has 1 unspecified atom stereocenters. The number of amides is 1. The fourth-order valence-corrected chi connectivity index (χ4v) is 4.46. The Hall–Kier alpha value is -1.66. The number of nitrogens with two attached hydrogens (primary N) is 1. The number of thiol groups is 1. The number of hydrogen-bond donors (Lipinski definition) is 5. The maximum absolute atomic E-state index is 11.8. The van der Waals surface area contributed by atoms with Gasteiger partial charge in [-0.1, -0.05) is 0 Å². The summed E-state index contributed by atoms with van der Waals surface area (Å²) in [7, 11) is -4.64. The topological polar surface area (TPSA) is 168 Å². The monoisotopic (exact) mass is 476 g/mol. The number of phosphoric acid groups is 1. The van der Waals surface area contributed by atoms with E-state index in [1.54, 1.807) is 20.0 Å². The number of allylic oxidation sites excluding steroid dienone is 1. The number of hydrogen-bond acceptors (Lipinski definition) is 7. The van der Waals surface area contributed by atoms with Crippen LogP contribution >= 0.6 is 19.2 Å². The number of carbonyl (C=O) groups excluding carboxylic acids is 1. The summed E-state index contributed by atoms with van der Waals surface area (Å²) in [6.07, 6.45) is 3.86. The number of aliphatic hydroxyl groups excluding tert-OH is 1. The Bertz CT molecular complexity index is 884. The third-order valence-electron chi connectivity index (χ3n) is 4.71. The number of phosphoric ester groups is 1. The highest BCUT2D eigenvalue weighted by molar-refractivity contribution is 8.02. The van der Waals surface area contributed by atoms with E-state index in [-0.39, 0.29) is 36.4 Å². The molecule has 5 N–H and O–H groups in total. The molecule has 31 heavy (non-hydrogen) atoms. The van der Waals surface area contributed by atoms with Gasteiger partial charge in [0.1, 0.15) is 11.6 Å². The molecule has 0 radical (unpaired) electrons. The molecule has 0 aliphatic carbocycles. The largest absolute Gasteiger partial charge is 0.469 e. The minimum absolute atomic E-state index is 0.0976. The third-order valence-corrected chi connectivity index (χ3v) is 6.64. The Morgan fingerprint density at radius 2 is 2.26 bits per heavy atom. The molecule has 13 heteroatoms. The number of aliphatic hydroxyl groups is 1. The van der Waals surface area contributed by atoms with Crippen LogP contribution in [0.5, 0.6) is 0 Å². The van der Waals surface area contributed by atoms with E-state index in [1.165, 1.54) is 4.90 Å². The van der Waals surface area contributed by atoms with Gasteiger partial charge in [-0.3, -0.25) is 9.32 Å². The lowest BCUT2D eigenvalue weighted by Crippen LogP contribution is -2.25. The molecule has 174 valence electrons. The van der Waals surface area contributed by atoms with Crippen LogP contribution in [0.25, 0.3) is 0 Å². The lowest BCUT2D eigenvalue weighted by atomic mass is 10.0. The predicted octanol–water partition coefficient (Wildman–Crippen LogP) is 1.64. The lowest BCUT2D eigenvalue weighted by Gasteiger charge is -2.24. The minimum Gasteiger partial charge on any atom is -0.383 e. The molecule has 0 aromatic carbocycles. The van der Waals surface area contributed by atoms with E-state index in [2.05, 4.69) is 14.5 Å². The van der Waals surface area contributed by atoms with Gasteiger partial charge < -0.3 is 30.3 Å². The van der Waals surface area contributed by atoms with Crippen molar-refractivity contribution in [3.05, 3.63) is 28.2 Å². The van der Waals surface area contributed by atoms with E-state index < -0.39 is 7.82 Å². The standard InChI is InChI=1S/C18H29N4O7PS/c1-12(22(11-23)9-15-8-20-13(2)21-17(15)19)16(5-7-29-30(25,26)27)31-18(24)14-4-3-6-28-10-14/h8,11,14,24,31H,3-7,9-10H2,1-2H3,(H2,19,20,21)(H2,25,26,27)/b16-12-. The Morgan fingerprint density at radius 1 is 1.52 bits per heavy atom. The molecule has 0 saturated carbocycles. The van der Waals surface area contributed by atoms with Crippen molar-refractivity contribution in [2.45, 2.75) is 39.7 Å². The number of nitrogens with zero attached hydrogens (tertiary/aromatic N) is 3. The molecule has 1 saturated heterocycles. The lowest BCUT2D eigenvalue weighted by molar-refractivity contribution is -0.116. The zero-order valence-electron chi connectivity index (χ0n) is 17.5. The first kappa shape index (κ1) is 25.6. The number of anilines is 1. The van der Waals surface area contributed by atoms with Crippen molar-refractivity contribution in [3.63, 3.8) is 0 Å². The second-order valence-electron chi connectivity index (χ2n) is 7.05. The van der Waals surface area contributed by atoms with Crippen molar-refractivity contribution < 1.29 is 33.5 Å². The fourth-order valence-electron chi connectivity index (χ4n) is 2.97. The Kier molecular flexibility index (Phi) is 9.76. The van der Waals surface area contributed by atoms with Crippen molar-refractivity contribution in [2.24, 2.45) is 5.92 Å². The van der Waals surface area contributed by atoms with Crippen LogP contribution in [-0.2, 0) is 25.2 Å². The predicted molar refractivity (Wildman–Crippen MR) is 118 cm³/mol. The number of ether oxygens (including phenoxy) is 1. The van der Waals surface area contributed by atoms with Gasteiger partial charge in [-0.2, -0.15) is 0 Å². The molecule has 1 aliphatic heterocycles. The van der Waals surface area contributed by atoms with Gasteiger partial charge in [0.15, 0.2) is 0 Å². The maximum atomic E-state index is 11.8. The molecule has 1 aliphatic rings. The molecule has 1 amide bonds. The van der Waals surface area contributed by atoms with Crippen LogP contribution in [0.4, 0.5) is 5.82 Å². The van der Waals surface area contributed by atoms with Gasteiger partial charge in [-0.25, -0.2) is 14.5 Å². The molecule has 1 aromatic rings. The summed E-state index contributed by atoms with van der Waals surface area (Å²) in [4.78, 5) is 39.9. The Labute approximate surface area is 184 Å². The van der Waals surface area contributed by atoms with E-state index in [0.717, 1.165) is 12.8 Å². The second kappa shape index (κ2) is 11.8. The van der Waals surface area contributed by atoms with Gasteiger partial charge in [-0.15, -0.1) is 11.4 Å². The van der Waals surface area contributed by atoms with E-state index in [1.807, 2.05) is 0 Å². The van der Waals surface area contributed by atoms with Gasteiger partial charge in [0.05, 0.1) is 24.8 Å². The zero-order chi connectivity index (χ0) is 23.0. The van der Waals surface area contributed by atoms with Crippen molar-refractivity contribution in [3.8, 4) is 0 Å². The fraction of sp³-hybridized carbons (Fsp3) is 0.556. The molecular weight excluding hydrogens is 447 g/mol. The SMILES string of the molecule is C/C(=C(CCOP(=O)(O)O)/[SH]=C(\O)C1CCCOC1)N(C=O)Cc1cnc(C)nc1N. The third kappa shape index (κ3) is 8.41. The van der Waals surface area contributed by atoms with Gasteiger partial charge in [0.2, 0.25) is 6.41 Å². The van der Waals surface area contributed by atoms with Crippen LogP contribution in [0.15, 0.2) is 16.8 Å². The quantitative estimate of drug-likeness (QED) is 0.145. The highest BCUT2D eigenvalue weighted by Crippen LogP contribution is 2.37. The number of aromatic nitrogens is 2. The van der Waals surface area contributed by atoms with E-state index in [4.69, 9.17) is 20.3 Å². The van der Waals surface area contributed by atoms with Gasteiger partial charge in [-0.05, 0) is 31.6 Å². The first-order chi connectivity index (χ1) is 14.6. The maximum Gasteiger partial charge on any atom is 0.469 e. The van der Waals surface area contributed by atoms with Crippen LogP contribution in [0.1, 0.15) is 37.6 Å². The van der Waals surface area contributed by atoms with Gasteiger partial charge in [0.25, 0.3) is 0 Å². The minimum atomic E-state index is -4.64. The van der Waals surface area contributed by atoms with Crippen molar-refractivity contribution in [1.29, 1.82) is 0 Å². The van der Waals surface area contributed by atoms with Gasteiger partial charge in [0, 0.05) is 36.4 Å². The number of aryl methyl sites for hydroxylation is 1. The number of rotatable bonds is 10. The van der Waals surface area contributed by atoms with Crippen LogP contribution in [0.3, 0.4) is 0 Å². The molecule has 1 aromatic heterocycles. The first-order valence-corrected chi connectivity index (χ1v) is 12.1. The summed E-state index contributed by atoms with van der Waals surface area (Å²) >= 11 is 0.438. The average molecular weight is 476 g/mol. The summed E-state index contributed by atoms with van der Waals surface area (Å²) in [6, 6.07) is 0. The molecule has 11 nitrogen and oxygen atoms in total. The Morgan fingerprint density at radius 3 is 2.84 bits per heavy atom. The molecule has 0 bridgehead atoms. The van der Waals surface area contributed by atoms with Crippen molar-refractivity contribution >= 4 is 36.5 Å². The average Bonchev–Trinajstić information content (AvgIpc) is 2.71. The second-order valence-corrected chi connectivity index (χ2v) is 9.51. The van der Waals surface area contributed by atoms with E-state index in [9.17, 15) is 14.5 Å². The molecule has 2 rings (SSSR count). The summed E-state index contributed by atoms with van der Waals surface area (Å²) in [6.45, 7) is 4.27. The summed E-state index contributed by atoms with van der Waals surface area (Å²) in [5.74, 6) is 0.616. The van der Waals surface area contributed by atoms with Gasteiger partial charge >= 0.3 is 7.82 Å². The molecule has 2 heterocycles. The normalized spacial score (nSPS) is 18.7. The van der Waals surface area contributed by atoms with Crippen LogP contribution in [-0.4, -0.2) is 61.0 Å². The molecular formula is C18H29N4O7PS. The van der Waals surface area contributed by atoms with Crippen molar-refractivity contribution in [2.75, 3.05) is 25.6 Å². The van der Waals surface area contributed by atoms with Crippen LogP contribution in [0, 0.1) is 12.8 Å². The van der Waals surface area contributed by atoms with Crippen molar-refractivity contribution in [1.82, 2.24) is 14.9 Å².